The lowest BCUT2D eigenvalue weighted by Crippen LogP contribution is -2.01. The van der Waals surface area contributed by atoms with E-state index in [1.54, 1.807) is 49.4 Å². The molecule has 0 saturated carbocycles. The van der Waals surface area contributed by atoms with Crippen LogP contribution >= 0.6 is 0 Å². The molecule has 0 unspecified atom stereocenters. The van der Waals surface area contributed by atoms with E-state index in [1.807, 2.05) is 48.7 Å². The van der Waals surface area contributed by atoms with Crippen molar-refractivity contribution in [1.82, 2.24) is 9.78 Å². The van der Waals surface area contributed by atoms with Crippen molar-refractivity contribution in [3.05, 3.63) is 84.6 Å². The maximum Gasteiger partial charge on any atom is 0.387 e. The third-order valence-corrected chi connectivity index (χ3v) is 4.84. The van der Waals surface area contributed by atoms with Gasteiger partial charge in [0.15, 0.2) is 17.2 Å². The quantitative estimate of drug-likeness (QED) is 0.314. The first-order valence-corrected chi connectivity index (χ1v) is 10.0. The SMILES string of the molecule is COc1ccc(-c2nn(-c3ccccc3)cc2C=Nc2ccccc2OC(F)F)cc1OC. The second-order valence-corrected chi connectivity index (χ2v) is 6.89. The molecule has 0 N–H and O–H groups in total. The Morgan fingerprint density at radius 3 is 2.33 bits per heavy atom. The molecule has 0 bridgehead atoms. The minimum atomic E-state index is -2.94. The lowest BCUT2D eigenvalue weighted by atomic mass is 10.1. The highest BCUT2D eigenvalue weighted by atomic mass is 19.3. The van der Waals surface area contributed by atoms with Crippen LogP contribution in [0.25, 0.3) is 16.9 Å². The molecular weight excluding hydrogens is 428 g/mol. The summed E-state index contributed by atoms with van der Waals surface area (Å²) in [7, 11) is 3.13. The first kappa shape index (κ1) is 22.0. The first-order valence-electron chi connectivity index (χ1n) is 10.0. The number of hydrogen-bond donors (Lipinski definition) is 0. The molecule has 6 nitrogen and oxygen atoms in total. The van der Waals surface area contributed by atoms with Gasteiger partial charge in [-0.05, 0) is 42.5 Å². The number of benzene rings is 3. The fraction of sp³-hybridized carbons (Fsp3) is 0.120. The van der Waals surface area contributed by atoms with Crippen molar-refractivity contribution in [1.29, 1.82) is 0 Å². The molecule has 1 aromatic heterocycles. The summed E-state index contributed by atoms with van der Waals surface area (Å²) < 4.78 is 42.6. The Morgan fingerprint density at radius 2 is 1.61 bits per heavy atom. The highest BCUT2D eigenvalue weighted by Gasteiger charge is 2.15. The Hall–Kier alpha value is -4.20. The van der Waals surface area contributed by atoms with Crippen LogP contribution in [0.5, 0.6) is 17.2 Å². The largest absolute Gasteiger partial charge is 0.493 e. The molecule has 0 aliphatic rings. The van der Waals surface area contributed by atoms with E-state index >= 15 is 0 Å². The minimum Gasteiger partial charge on any atom is -0.493 e. The van der Waals surface area contributed by atoms with Crippen LogP contribution in [-0.4, -0.2) is 36.8 Å². The summed E-state index contributed by atoms with van der Waals surface area (Å²) in [4.78, 5) is 4.41. The van der Waals surface area contributed by atoms with Crippen LogP contribution < -0.4 is 14.2 Å². The van der Waals surface area contributed by atoms with Crippen LogP contribution in [0.1, 0.15) is 5.56 Å². The van der Waals surface area contributed by atoms with Gasteiger partial charge in [-0.15, -0.1) is 0 Å². The van der Waals surface area contributed by atoms with Gasteiger partial charge < -0.3 is 14.2 Å². The minimum absolute atomic E-state index is 0.00753. The molecule has 0 atom stereocenters. The summed E-state index contributed by atoms with van der Waals surface area (Å²) in [6, 6.07) is 21.5. The number of aliphatic imine (C=N–C) groups is 1. The average Bonchev–Trinajstić information content (AvgIpc) is 3.27. The van der Waals surface area contributed by atoms with Gasteiger partial charge in [0.25, 0.3) is 0 Å². The smallest absolute Gasteiger partial charge is 0.387 e. The van der Waals surface area contributed by atoms with Crippen molar-refractivity contribution in [3.8, 4) is 34.2 Å². The number of para-hydroxylation sites is 3. The Morgan fingerprint density at radius 1 is 0.879 bits per heavy atom. The predicted octanol–water partition coefficient (Wildman–Crippen LogP) is 5.91. The van der Waals surface area contributed by atoms with Gasteiger partial charge in [0.1, 0.15) is 11.4 Å². The van der Waals surface area contributed by atoms with E-state index in [0.717, 1.165) is 11.3 Å². The van der Waals surface area contributed by atoms with E-state index in [-0.39, 0.29) is 11.4 Å². The normalized spacial score (nSPS) is 11.2. The van der Waals surface area contributed by atoms with Crippen LogP contribution in [0, 0.1) is 0 Å². The third-order valence-electron chi connectivity index (χ3n) is 4.84. The molecule has 8 heteroatoms. The second-order valence-electron chi connectivity index (χ2n) is 6.89. The van der Waals surface area contributed by atoms with Gasteiger partial charge in [0.05, 0.1) is 19.9 Å². The topological polar surface area (TPSA) is 57.9 Å². The zero-order valence-electron chi connectivity index (χ0n) is 18.0. The fourth-order valence-electron chi connectivity index (χ4n) is 3.30. The molecule has 0 aliphatic carbocycles. The molecule has 33 heavy (non-hydrogen) atoms. The Kier molecular flexibility index (Phi) is 6.64. The van der Waals surface area contributed by atoms with Crippen LogP contribution in [0.4, 0.5) is 14.5 Å². The maximum atomic E-state index is 12.8. The van der Waals surface area contributed by atoms with Gasteiger partial charge in [-0.25, -0.2) is 4.68 Å². The summed E-state index contributed by atoms with van der Waals surface area (Å²) in [6.45, 7) is -2.94. The molecule has 0 spiro atoms. The molecule has 3 aromatic carbocycles. The molecule has 168 valence electrons. The number of hydrogen-bond acceptors (Lipinski definition) is 5. The van der Waals surface area contributed by atoms with Crippen molar-refractivity contribution in [2.24, 2.45) is 4.99 Å². The zero-order chi connectivity index (χ0) is 23.2. The Bertz CT molecular complexity index is 1260. The van der Waals surface area contributed by atoms with E-state index in [2.05, 4.69) is 9.73 Å². The van der Waals surface area contributed by atoms with Crippen molar-refractivity contribution >= 4 is 11.9 Å². The van der Waals surface area contributed by atoms with Gasteiger partial charge >= 0.3 is 6.61 Å². The van der Waals surface area contributed by atoms with Gasteiger partial charge in [-0.2, -0.15) is 13.9 Å². The van der Waals surface area contributed by atoms with Crippen molar-refractivity contribution in [3.63, 3.8) is 0 Å². The summed E-state index contributed by atoms with van der Waals surface area (Å²) in [5.41, 5.74) is 3.23. The second kappa shape index (κ2) is 9.95. The van der Waals surface area contributed by atoms with E-state index in [4.69, 9.17) is 14.6 Å². The number of methoxy groups -OCH3 is 2. The lowest BCUT2D eigenvalue weighted by molar-refractivity contribution is -0.0494. The summed E-state index contributed by atoms with van der Waals surface area (Å²) in [5, 5.41) is 4.74. The third kappa shape index (κ3) is 5.01. The fourth-order valence-corrected chi connectivity index (χ4v) is 3.30. The molecule has 0 saturated heterocycles. The molecule has 0 fully saturated rings. The summed E-state index contributed by atoms with van der Waals surface area (Å²) in [6.07, 6.45) is 3.40. The van der Waals surface area contributed by atoms with E-state index in [1.165, 1.54) is 6.07 Å². The molecule has 4 rings (SSSR count). The van der Waals surface area contributed by atoms with Gasteiger partial charge in [-0.3, -0.25) is 4.99 Å². The maximum absolute atomic E-state index is 12.8. The molecule has 1 heterocycles. The van der Waals surface area contributed by atoms with Crippen LogP contribution in [0.3, 0.4) is 0 Å². The first-order chi connectivity index (χ1) is 16.1. The number of halogens is 2. The molecule has 0 aliphatic heterocycles. The predicted molar refractivity (Wildman–Crippen MR) is 122 cm³/mol. The lowest BCUT2D eigenvalue weighted by Gasteiger charge is -2.09. The van der Waals surface area contributed by atoms with Crippen LogP contribution in [0.15, 0.2) is 84.0 Å². The van der Waals surface area contributed by atoms with Crippen molar-refractivity contribution < 1.29 is 23.0 Å². The van der Waals surface area contributed by atoms with Gasteiger partial charge in [0.2, 0.25) is 0 Å². The number of aromatic nitrogens is 2. The standard InChI is InChI=1S/C25H21F2N3O3/c1-31-22-13-12-17(14-23(22)32-2)24-18(16-30(29-24)19-8-4-3-5-9-19)15-28-20-10-6-7-11-21(20)33-25(26)27/h3-16,25H,1-2H3. The average molecular weight is 449 g/mol. The van der Waals surface area contributed by atoms with Gasteiger partial charge in [-0.1, -0.05) is 30.3 Å². The molecule has 0 amide bonds. The highest BCUT2D eigenvalue weighted by Crippen LogP contribution is 2.34. The number of rotatable bonds is 8. The zero-order valence-corrected chi connectivity index (χ0v) is 18.0. The van der Waals surface area contributed by atoms with E-state index in [9.17, 15) is 8.78 Å². The number of nitrogens with zero attached hydrogens (tertiary/aromatic N) is 3. The van der Waals surface area contributed by atoms with Gasteiger partial charge in [0, 0.05) is 23.5 Å². The summed E-state index contributed by atoms with van der Waals surface area (Å²) in [5.74, 6) is 1.15. The summed E-state index contributed by atoms with van der Waals surface area (Å²) >= 11 is 0. The van der Waals surface area contributed by atoms with E-state index in [0.29, 0.717) is 22.8 Å². The molecule has 0 radical (unpaired) electrons. The van der Waals surface area contributed by atoms with Crippen LogP contribution in [-0.2, 0) is 0 Å². The number of alkyl halides is 2. The molecule has 4 aromatic rings. The van der Waals surface area contributed by atoms with Crippen molar-refractivity contribution in [2.75, 3.05) is 14.2 Å². The Balaban J connectivity index is 1.79. The van der Waals surface area contributed by atoms with E-state index < -0.39 is 6.61 Å². The van der Waals surface area contributed by atoms with Crippen LogP contribution in [0.2, 0.25) is 0 Å². The van der Waals surface area contributed by atoms with Crippen molar-refractivity contribution in [2.45, 2.75) is 6.61 Å². The highest BCUT2D eigenvalue weighted by molar-refractivity contribution is 5.91. The Labute approximate surface area is 189 Å². The number of ether oxygens (including phenoxy) is 3. The molecular formula is C25H21F2N3O3. The monoisotopic (exact) mass is 449 g/mol.